The highest BCUT2D eigenvalue weighted by Gasteiger charge is 2.16. The van der Waals surface area contributed by atoms with Gasteiger partial charge in [0.05, 0.1) is 6.26 Å². The monoisotopic (exact) mass is 211 g/mol. The maximum absolute atomic E-state index is 5.53. The minimum absolute atomic E-state index is 0.381. The van der Waals surface area contributed by atoms with Gasteiger partial charge in [0.25, 0.3) is 0 Å². The van der Waals surface area contributed by atoms with Crippen LogP contribution in [0.5, 0.6) is 0 Å². The maximum Gasteiger partial charge on any atom is 0.110 e. The van der Waals surface area contributed by atoms with Gasteiger partial charge in [0.2, 0.25) is 0 Å². The van der Waals surface area contributed by atoms with E-state index in [0.29, 0.717) is 12.1 Å². The standard InChI is InChI=1S/C13H25NO/c1-4-12(5-2)11(3)14-10-13-8-6-7-9-15-13/h7,9,11-14H,4-6,8,10H2,1-3H3. The number of hydrogen-bond donors (Lipinski definition) is 1. The third-order valence-corrected chi connectivity index (χ3v) is 3.45. The molecule has 0 aliphatic carbocycles. The molecule has 0 bridgehead atoms. The van der Waals surface area contributed by atoms with Crippen LogP contribution >= 0.6 is 0 Å². The van der Waals surface area contributed by atoms with Crippen LogP contribution in [0.4, 0.5) is 0 Å². The van der Waals surface area contributed by atoms with Crippen LogP contribution in [-0.4, -0.2) is 18.7 Å². The lowest BCUT2D eigenvalue weighted by atomic mass is 9.95. The van der Waals surface area contributed by atoms with Crippen LogP contribution in [0.25, 0.3) is 0 Å². The van der Waals surface area contributed by atoms with E-state index < -0.39 is 0 Å². The van der Waals surface area contributed by atoms with E-state index in [2.05, 4.69) is 32.2 Å². The molecular formula is C13H25NO. The molecule has 0 aromatic rings. The molecule has 0 saturated carbocycles. The molecule has 2 heteroatoms. The van der Waals surface area contributed by atoms with Crippen LogP contribution in [0.2, 0.25) is 0 Å². The third-order valence-electron chi connectivity index (χ3n) is 3.45. The van der Waals surface area contributed by atoms with Gasteiger partial charge in [0.1, 0.15) is 6.10 Å². The fourth-order valence-electron chi connectivity index (χ4n) is 2.21. The van der Waals surface area contributed by atoms with Gasteiger partial charge in [0, 0.05) is 12.6 Å². The zero-order valence-electron chi connectivity index (χ0n) is 10.3. The molecule has 1 aliphatic heterocycles. The Balaban J connectivity index is 2.20. The molecule has 1 N–H and O–H groups in total. The average molecular weight is 211 g/mol. The number of rotatable bonds is 6. The summed E-state index contributed by atoms with van der Waals surface area (Å²) in [6, 6.07) is 0.606. The van der Waals surface area contributed by atoms with Crippen molar-refractivity contribution in [2.24, 2.45) is 5.92 Å². The van der Waals surface area contributed by atoms with Crippen molar-refractivity contribution in [1.82, 2.24) is 5.32 Å². The lowest BCUT2D eigenvalue weighted by Gasteiger charge is -2.26. The van der Waals surface area contributed by atoms with Crippen molar-refractivity contribution in [2.75, 3.05) is 6.54 Å². The molecule has 0 aromatic carbocycles. The Kier molecular flexibility index (Phi) is 5.77. The summed E-state index contributed by atoms with van der Waals surface area (Å²) in [7, 11) is 0. The molecule has 0 aromatic heterocycles. The van der Waals surface area contributed by atoms with E-state index in [1.54, 1.807) is 0 Å². The van der Waals surface area contributed by atoms with Crippen LogP contribution in [-0.2, 0) is 4.74 Å². The van der Waals surface area contributed by atoms with E-state index in [4.69, 9.17) is 4.74 Å². The van der Waals surface area contributed by atoms with Gasteiger partial charge in [-0.25, -0.2) is 0 Å². The molecule has 1 aliphatic rings. The first kappa shape index (κ1) is 12.6. The van der Waals surface area contributed by atoms with Crippen LogP contribution < -0.4 is 5.32 Å². The topological polar surface area (TPSA) is 21.3 Å². The molecule has 1 rings (SSSR count). The van der Waals surface area contributed by atoms with Crippen molar-refractivity contribution >= 4 is 0 Å². The predicted molar refractivity (Wildman–Crippen MR) is 64.8 cm³/mol. The van der Waals surface area contributed by atoms with Crippen molar-refractivity contribution in [2.45, 2.75) is 58.6 Å². The Bertz CT molecular complexity index is 187. The summed E-state index contributed by atoms with van der Waals surface area (Å²) in [5.41, 5.74) is 0. The molecule has 0 fully saturated rings. The summed E-state index contributed by atoms with van der Waals surface area (Å²) in [4.78, 5) is 0. The van der Waals surface area contributed by atoms with E-state index in [1.807, 2.05) is 6.26 Å². The molecule has 0 spiro atoms. The highest BCUT2D eigenvalue weighted by molar-refractivity contribution is 4.83. The minimum atomic E-state index is 0.381. The van der Waals surface area contributed by atoms with Crippen LogP contribution in [0.15, 0.2) is 12.3 Å². The van der Waals surface area contributed by atoms with E-state index in [1.165, 1.54) is 12.8 Å². The molecule has 88 valence electrons. The molecule has 2 nitrogen and oxygen atoms in total. The Hall–Kier alpha value is -0.500. The molecule has 15 heavy (non-hydrogen) atoms. The molecular weight excluding hydrogens is 186 g/mol. The zero-order valence-corrected chi connectivity index (χ0v) is 10.3. The van der Waals surface area contributed by atoms with Crippen molar-refractivity contribution in [3.8, 4) is 0 Å². The SMILES string of the molecule is CCC(CC)C(C)NCC1CCC=CO1. The van der Waals surface area contributed by atoms with Gasteiger partial charge < -0.3 is 10.1 Å². The zero-order chi connectivity index (χ0) is 11.1. The second kappa shape index (κ2) is 6.89. The summed E-state index contributed by atoms with van der Waals surface area (Å²) >= 11 is 0. The smallest absolute Gasteiger partial charge is 0.110 e. The summed E-state index contributed by atoms with van der Waals surface area (Å²) < 4.78 is 5.53. The van der Waals surface area contributed by atoms with E-state index in [-0.39, 0.29) is 0 Å². The lowest BCUT2D eigenvalue weighted by Crippen LogP contribution is -2.39. The van der Waals surface area contributed by atoms with Crippen molar-refractivity contribution < 1.29 is 4.74 Å². The van der Waals surface area contributed by atoms with Gasteiger partial charge in [0.15, 0.2) is 0 Å². The summed E-state index contributed by atoms with van der Waals surface area (Å²) in [5, 5.41) is 3.60. The molecule has 0 radical (unpaired) electrons. The average Bonchev–Trinajstić information content (AvgIpc) is 2.29. The van der Waals surface area contributed by atoms with Gasteiger partial charge in [-0.05, 0) is 31.8 Å². The van der Waals surface area contributed by atoms with Crippen molar-refractivity contribution in [3.05, 3.63) is 12.3 Å². The van der Waals surface area contributed by atoms with Gasteiger partial charge in [-0.15, -0.1) is 0 Å². The third kappa shape index (κ3) is 4.25. The Morgan fingerprint density at radius 1 is 1.40 bits per heavy atom. The fraction of sp³-hybridized carbons (Fsp3) is 0.846. The second-order valence-corrected chi connectivity index (χ2v) is 4.48. The second-order valence-electron chi connectivity index (χ2n) is 4.48. The summed E-state index contributed by atoms with van der Waals surface area (Å²) in [6.07, 6.45) is 9.15. The van der Waals surface area contributed by atoms with Gasteiger partial charge >= 0.3 is 0 Å². The lowest BCUT2D eigenvalue weighted by molar-refractivity contribution is 0.116. The highest BCUT2D eigenvalue weighted by Crippen LogP contribution is 2.14. The van der Waals surface area contributed by atoms with Crippen LogP contribution in [0, 0.1) is 5.92 Å². The van der Waals surface area contributed by atoms with Gasteiger partial charge in [-0.3, -0.25) is 0 Å². The quantitative estimate of drug-likeness (QED) is 0.729. The Morgan fingerprint density at radius 2 is 2.13 bits per heavy atom. The Labute approximate surface area is 94.1 Å². The molecule has 2 unspecified atom stereocenters. The molecule has 0 amide bonds. The van der Waals surface area contributed by atoms with Crippen LogP contribution in [0.1, 0.15) is 46.5 Å². The van der Waals surface area contributed by atoms with Crippen LogP contribution in [0.3, 0.4) is 0 Å². The number of allylic oxidation sites excluding steroid dienone is 1. The fourth-order valence-corrected chi connectivity index (χ4v) is 2.21. The largest absolute Gasteiger partial charge is 0.497 e. The number of ether oxygens (including phenoxy) is 1. The van der Waals surface area contributed by atoms with E-state index >= 15 is 0 Å². The first-order chi connectivity index (χ1) is 7.27. The molecule has 1 heterocycles. The first-order valence-corrected chi connectivity index (χ1v) is 6.31. The first-order valence-electron chi connectivity index (χ1n) is 6.31. The van der Waals surface area contributed by atoms with E-state index in [0.717, 1.165) is 25.3 Å². The normalized spacial score (nSPS) is 22.8. The van der Waals surface area contributed by atoms with Gasteiger partial charge in [-0.2, -0.15) is 0 Å². The predicted octanol–water partition coefficient (Wildman–Crippen LogP) is 3.09. The van der Waals surface area contributed by atoms with E-state index in [9.17, 15) is 0 Å². The van der Waals surface area contributed by atoms with Crippen molar-refractivity contribution in [3.63, 3.8) is 0 Å². The molecule has 2 atom stereocenters. The summed E-state index contributed by atoms with van der Waals surface area (Å²) in [6.45, 7) is 7.82. The maximum atomic E-state index is 5.53. The van der Waals surface area contributed by atoms with Crippen molar-refractivity contribution in [1.29, 1.82) is 0 Å². The summed E-state index contributed by atoms with van der Waals surface area (Å²) in [5.74, 6) is 0.795. The highest BCUT2D eigenvalue weighted by atomic mass is 16.5. The van der Waals surface area contributed by atoms with Gasteiger partial charge in [-0.1, -0.05) is 26.7 Å². The Morgan fingerprint density at radius 3 is 2.67 bits per heavy atom. The minimum Gasteiger partial charge on any atom is -0.497 e. The number of hydrogen-bond acceptors (Lipinski definition) is 2. The number of nitrogens with one attached hydrogen (secondary N) is 1. The molecule has 0 saturated heterocycles.